The van der Waals surface area contributed by atoms with Gasteiger partial charge in [-0.15, -0.1) is 0 Å². The number of hydrazone groups is 1. The number of aromatic nitrogens is 4. The zero-order chi connectivity index (χ0) is 18.0. The van der Waals surface area contributed by atoms with Crippen LogP contribution in [0.3, 0.4) is 0 Å². The van der Waals surface area contributed by atoms with E-state index in [1.807, 2.05) is 31.2 Å². The number of benzene rings is 1. The highest BCUT2D eigenvalue weighted by Gasteiger charge is 2.16. The van der Waals surface area contributed by atoms with E-state index in [0.29, 0.717) is 23.7 Å². The van der Waals surface area contributed by atoms with Crippen molar-refractivity contribution in [3.05, 3.63) is 55.1 Å². The molecule has 0 spiro atoms. The number of nitrogens with one attached hydrogen (secondary N) is 2. The van der Waals surface area contributed by atoms with E-state index in [4.69, 9.17) is 0 Å². The van der Waals surface area contributed by atoms with Crippen molar-refractivity contribution < 1.29 is 0 Å². The Balaban J connectivity index is 2.00. The van der Waals surface area contributed by atoms with E-state index in [1.165, 1.54) is 4.57 Å². The summed E-state index contributed by atoms with van der Waals surface area (Å²) >= 11 is 3.38. The smallest absolute Gasteiger partial charge is 0.303 e. The zero-order valence-electron chi connectivity index (χ0n) is 13.8. The maximum Gasteiger partial charge on any atom is 0.329 e. The standard InChI is InChI=1S/C16H17BrN6O2/c1-3-8-23-12-13(22(2)16(25)20-14(12)24)19-15(23)21-18-9-10-4-6-11(17)7-5-10/h4-7,9H,3,8H2,1-2H3,(H,19,21)(H,20,24,25)/b18-9+. The molecule has 0 aliphatic carbocycles. The molecule has 0 radical (unpaired) electrons. The molecule has 1 aromatic carbocycles. The van der Waals surface area contributed by atoms with Gasteiger partial charge < -0.3 is 4.57 Å². The van der Waals surface area contributed by atoms with Gasteiger partial charge in [-0.1, -0.05) is 35.0 Å². The molecule has 0 aliphatic rings. The van der Waals surface area contributed by atoms with Crippen LogP contribution in [0.25, 0.3) is 11.2 Å². The van der Waals surface area contributed by atoms with Gasteiger partial charge in [0.15, 0.2) is 11.2 Å². The lowest BCUT2D eigenvalue weighted by Gasteiger charge is -2.05. The lowest BCUT2D eigenvalue weighted by atomic mass is 10.2. The second-order valence-corrected chi connectivity index (χ2v) is 6.41. The SMILES string of the molecule is CCCn1c(N/N=C/c2ccc(Br)cc2)nc2c1c(=O)[nH]c(=O)n2C. The Hall–Kier alpha value is -2.68. The molecule has 8 nitrogen and oxygen atoms in total. The molecule has 9 heteroatoms. The van der Waals surface area contributed by atoms with E-state index >= 15 is 0 Å². The van der Waals surface area contributed by atoms with Gasteiger partial charge in [-0.2, -0.15) is 10.1 Å². The van der Waals surface area contributed by atoms with Crippen LogP contribution in [0.15, 0.2) is 43.4 Å². The van der Waals surface area contributed by atoms with Crippen LogP contribution in [0.4, 0.5) is 5.95 Å². The molecule has 0 amide bonds. The molecule has 0 unspecified atom stereocenters. The van der Waals surface area contributed by atoms with E-state index in [0.717, 1.165) is 16.5 Å². The van der Waals surface area contributed by atoms with E-state index in [9.17, 15) is 9.59 Å². The fraction of sp³-hybridized carbons (Fsp3) is 0.250. The minimum Gasteiger partial charge on any atom is -0.303 e. The summed E-state index contributed by atoms with van der Waals surface area (Å²) in [5.41, 5.74) is 3.51. The largest absolute Gasteiger partial charge is 0.329 e. The fourth-order valence-corrected chi connectivity index (χ4v) is 2.74. The minimum atomic E-state index is -0.497. The first-order chi connectivity index (χ1) is 12.0. The van der Waals surface area contributed by atoms with Gasteiger partial charge in [0.1, 0.15) is 0 Å². The van der Waals surface area contributed by atoms with Gasteiger partial charge in [0.25, 0.3) is 5.56 Å². The molecule has 3 rings (SSSR count). The summed E-state index contributed by atoms with van der Waals surface area (Å²) in [5, 5.41) is 4.19. The van der Waals surface area contributed by atoms with Crippen molar-refractivity contribution in [2.24, 2.45) is 12.1 Å². The second-order valence-electron chi connectivity index (χ2n) is 5.50. The lowest BCUT2D eigenvalue weighted by Crippen LogP contribution is -2.29. The molecule has 0 fully saturated rings. The number of rotatable bonds is 5. The highest BCUT2D eigenvalue weighted by molar-refractivity contribution is 9.10. The second kappa shape index (κ2) is 7.06. The lowest BCUT2D eigenvalue weighted by molar-refractivity contribution is 0.698. The maximum atomic E-state index is 12.2. The number of fused-ring (bicyclic) bond motifs is 1. The number of anilines is 1. The van der Waals surface area contributed by atoms with Crippen molar-refractivity contribution in [2.75, 3.05) is 5.43 Å². The normalized spacial score (nSPS) is 11.5. The Kier molecular flexibility index (Phi) is 4.84. The van der Waals surface area contributed by atoms with E-state index in [-0.39, 0.29) is 0 Å². The summed E-state index contributed by atoms with van der Waals surface area (Å²) < 4.78 is 4.03. The average Bonchev–Trinajstić information content (AvgIpc) is 2.94. The van der Waals surface area contributed by atoms with Crippen molar-refractivity contribution in [3.63, 3.8) is 0 Å². The molecule has 0 aliphatic heterocycles. The molecular weight excluding hydrogens is 388 g/mol. The third-order valence-electron chi connectivity index (χ3n) is 3.70. The van der Waals surface area contributed by atoms with Crippen molar-refractivity contribution in [2.45, 2.75) is 19.9 Å². The van der Waals surface area contributed by atoms with Crippen molar-refractivity contribution in [3.8, 4) is 0 Å². The molecule has 130 valence electrons. The topological polar surface area (TPSA) is 97.1 Å². The monoisotopic (exact) mass is 404 g/mol. The van der Waals surface area contributed by atoms with Gasteiger partial charge in [-0.05, 0) is 24.1 Å². The molecule has 2 N–H and O–H groups in total. The molecule has 0 saturated heterocycles. The van der Waals surface area contributed by atoms with Gasteiger partial charge >= 0.3 is 5.69 Å². The van der Waals surface area contributed by atoms with Crippen LogP contribution >= 0.6 is 15.9 Å². The number of halogens is 1. The molecule has 3 aromatic rings. The molecule has 25 heavy (non-hydrogen) atoms. The summed E-state index contributed by atoms with van der Waals surface area (Å²) in [5.74, 6) is 0.414. The number of hydrogen-bond donors (Lipinski definition) is 2. The summed E-state index contributed by atoms with van der Waals surface area (Å²) in [6.45, 7) is 2.57. The van der Waals surface area contributed by atoms with Gasteiger partial charge in [-0.25, -0.2) is 10.2 Å². The molecule has 0 atom stereocenters. The first-order valence-electron chi connectivity index (χ1n) is 7.75. The Morgan fingerprint density at radius 1 is 1.32 bits per heavy atom. The molecule has 2 aromatic heterocycles. The third kappa shape index (κ3) is 3.41. The first kappa shape index (κ1) is 17.2. The predicted octanol–water partition coefficient (Wildman–Crippen LogP) is 2.04. The number of nitrogens with zero attached hydrogens (tertiary/aromatic N) is 4. The number of hydrogen-bond acceptors (Lipinski definition) is 5. The number of aryl methyl sites for hydroxylation is 2. The van der Waals surface area contributed by atoms with Crippen molar-refractivity contribution >= 4 is 39.3 Å². The first-order valence-corrected chi connectivity index (χ1v) is 8.54. The number of aromatic amines is 1. The molecular formula is C16H17BrN6O2. The zero-order valence-corrected chi connectivity index (χ0v) is 15.4. The van der Waals surface area contributed by atoms with Crippen molar-refractivity contribution in [1.29, 1.82) is 0 Å². The molecule has 0 bridgehead atoms. The van der Waals surface area contributed by atoms with Gasteiger partial charge in [0, 0.05) is 18.1 Å². The van der Waals surface area contributed by atoms with Crippen LogP contribution in [-0.4, -0.2) is 25.3 Å². The van der Waals surface area contributed by atoms with Crippen LogP contribution in [-0.2, 0) is 13.6 Å². The third-order valence-corrected chi connectivity index (χ3v) is 4.23. The summed E-state index contributed by atoms with van der Waals surface area (Å²) in [7, 11) is 1.57. The van der Waals surface area contributed by atoms with Crippen LogP contribution in [0.1, 0.15) is 18.9 Å². The van der Waals surface area contributed by atoms with Crippen LogP contribution < -0.4 is 16.7 Å². The Labute approximate surface area is 151 Å². The minimum absolute atomic E-state index is 0.323. The Morgan fingerprint density at radius 2 is 2.04 bits per heavy atom. The van der Waals surface area contributed by atoms with Crippen LogP contribution in [0.2, 0.25) is 0 Å². The highest BCUT2D eigenvalue weighted by atomic mass is 79.9. The maximum absolute atomic E-state index is 12.2. The highest BCUT2D eigenvalue weighted by Crippen LogP contribution is 2.16. The summed E-state index contributed by atoms with van der Waals surface area (Å²) in [4.78, 5) is 30.6. The van der Waals surface area contributed by atoms with E-state index in [1.54, 1.807) is 17.8 Å². The van der Waals surface area contributed by atoms with E-state index in [2.05, 4.69) is 36.4 Å². The van der Waals surface area contributed by atoms with E-state index < -0.39 is 11.2 Å². The molecule has 0 saturated carbocycles. The van der Waals surface area contributed by atoms with Gasteiger partial charge in [0.2, 0.25) is 5.95 Å². The quantitative estimate of drug-likeness (QED) is 0.502. The van der Waals surface area contributed by atoms with Crippen LogP contribution in [0.5, 0.6) is 0 Å². The van der Waals surface area contributed by atoms with Crippen molar-refractivity contribution in [1.82, 2.24) is 19.1 Å². The van der Waals surface area contributed by atoms with Gasteiger partial charge in [-0.3, -0.25) is 14.3 Å². The number of H-pyrrole nitrogens is 1. The summed E-state index contributed by atoms with van der Waals surface area (Å²) in [6.07, 6.45) is 2.46. The van der Waals surface area contributed by atoms with Gasteiger partial charge in [0.05, 0.1) is 6.21 Å². The average molecular weight is 405 g/mol. The Morgan fingerprint density at radius 3 is 2.72 bits per heavy atom. The molecule has 2 heterocycles. The fourth-order valence-electron chi connectivity index (χ4n) is 2.47. The summed E-state index contributed by atoms with van der Waals surface area (Å²) in [6, 6.07) is 7.67. The predicted molar refractivity (Wildman–Crippen MR) is 101 cm³/mol. The Bertz CT molecular complexity index is 1050. The number of imidazole rings is 1. The van der Waals surface area contributed by atoms with Crippen LogP contribution in [0, 0.1) is 0 Å².